The molecule has 17 atom stereocenters. The van der Waals surface area contributed by atoms with E-state index < -0.39 is 0 Å². The van der Waals surface area contributed by atoms with Gasteiger partial charge >= 0.3 is 48.7 Å². The van der Waals surface area contributed by atoms with Crippen molar-refractivity contribution in [3.63, 3.8) is 0 Å². The molecule has 25 rings (SSSR count). The predicted octanol–water partition coefficient (Wildman–Crippen LogP) is 9.14. The number of piperidine rings is 9. The van der Waals surface area contributed by atoms with Crippen LogP contribution in [0.1, 0.15) is 252 Å². The molecule has 6 spiro atoms. The van der Waals surface area contributed by atoms with Crippen LogP contribution in [0, 0.1) is 57.2 Å². The smallest absolute Gasteiger partial charge is 0.410 e. The van der Waals surface area contributed by atoms with Gasteiger partial charge in [-0.25, -0.2) is 38.4 Å². The third-order valence-corrected chi connectivity index (χ3v) is 39.5. The molecule has 38 heteroatoms. The van der Waals surface area contributed by atoms with Gasteiger partial charge in [-0.15, -0.1) is 0 Å². The SMILES string of the molecule is CCOC(=O)N1C2CCC1CC(N1CCCC3(CC1)CNC(=O)C3)C2.CCOC(=O)N1C2CCC1CC(N1CCCC3(CC1)CNC(=O)O3)C2.CCOC(=O)N1CC2CC(C1)C2N1CCC2(CC1)CNC(=O)C2.CCOC(=O)N1CC2CC(N3CCC4(CC3)CNC(=O)O4)CC1C2.COC(=O)N1CC2CC(C1)C(N1CCC3(CC1)CNC(=O)C3)C2.COC(=O)N1CC2CC(N3CCC4(CC3)CNC(=O)C4)CC1C2. The Morgan fingerprint density at radius 3 is 1.04 bits per heavy atom. The van der Waals surface area contributed by atoms with Crippen LogP contribution >= 0.6 is 0 Å². The van der Waals surface area contributed by atoms with Crippen LogP contribution in [0.4, 0.5) is 38.4 Å². The van der Waals surface area contributed by atoms with Crippen molar-refractivity contribution in [2.45, 2.75) is 336 Å². The lowest BCUT2D eigenvalue weighted by molar-refractivity contribution is -0.121. The van der Waals surface area contributed by atoms with Crippen molar-refractivity contribution in [1.29, 1.82) is 0 Å². The molecule has 38 nitrogen and oxygen atoms in total. The number of alkyl carbamates (subject to hydrolysis) is 2. The summed E-state index contributed by atoms with van der Waals surface area (Å²) in [6, 6.07) is 5.55. The number of carbonyl (C=O) groups is 12. The first-order chi connectivity index (χ1) is 69.1. The van der Waals surface area contributed by atoms with Gasteiger partial charge in [0.05, 0.1) is 53.7 Å². The van der Waals surface area contributed by atoms with Crippen molar-refractivity contribution in [3.8, 4) is 0 Å². The van der Waals surface area contributed by atoms with Crippen LogP contribution in [0.15, 0.2) is 0 Å². The van der Waals surface area contributed by atoms with E-state index in [1.54, 1.807) is 0 Å². The minimum absolute atomic E-state index is 0.112. The number of likely N-dealkylation sites (tertiary alicyclic amines) is 9. The third kappa shape index (κ3) is 23.0. The lowest BCUT2D eigenvalue weighted by atomic mass is 9.64. The second kappa shape index (κ2) is 44.3. The number of ether oxygens (including phenoxy) is 8. The molecule has 4 aliphatic carbocycles. The fourth-order valence-electron chi connectivity index (χ4n) is 31.9. The van der Waals surface area contributed by atoms with E-state index in [2.05, 4.69) is 61.3 Å². The lowest BCUT2D eigenvalue weighted by Gasteiger charge is -2.58. The van der Waals surface area contributed by atoms with E-state index in [0.29, 0.717) is 167 Å². The van der Waals surface area contributed by atoms with Gasteiger partial charge in [0.25, 0.3) is 0 Å². The van der Waals surface area contributed by atoms with Crippen molar-refractivity contribution in [3.05, 3.63) is 0 Å². The summed E-state index contributed by atoms with van der Waals surface area (Å²) < 4.78 is 41.8. The van der Waals surface area contributed by atoms with Crippen LogP contribution in [-0.4, -0.2) is 413 Å². The molecule has 25 fully saturated rings. The maximum Gasteiger partial charge on any atom is 0.410 e. The molecule has 4 saturated carbocycles. The average Bonchev–Trinajstić information content (AvgIpc) is 1.71. The Hall–Kier alpha value is -8.20. The molecule has 0 radical (unpaired) electrons. The maximum atomic E-state index is 12.2. The standard InChI is InChI=1S/C19H31N3O3.C18H29N3O4.C17H27N3O4.3C17H27N3O3/c1-2-25-18(24)22-14-4-5-15(22)11-16(10-14)21-8-3-6-19(7-9-21)12-17(23)20-13-19;1-2-24-17(23)21-13-4-5-14(21)11-15(10-13)20-8-3-6-18(7-9-20)12-19-16(22)25-18;1-2-23-16(22)20-10-12-7-13(9-14(20)8-12)19-5-3-17(4-6-19)11-18-15(21)24-17;1-23-16(22)20-10-12-6-13(8-14(20)7-12)19-4-2-17(3-5-19)9-15(21)18-11-17;1-23-16(22)20-9-12-6-13(10-20)14(7-12)19-4-2-17(3-5-19)8-15(21)18-11-17;1-2-23-16(22)20-9-12-7-13(10-20)15(12)19-5-3-17(4-6-19)8-14(21)18-11-17/h14-16H,2-13H2,1H3,(H,20,23);13-15H,2-12H2,1H3,(H,19,22);12-14H,2-11H2,1H3,(H,18,21);2*12-14H,2-11H2,1H3,(H,18,21);12-13,15H,2-11H2,1H3,(H,18,21). The molecule has 6 N–H and O–H groups in total. The van der Waals surface area contributed by atoms with Gasteiger partial charge in [-0.3, -0.25) is 33.9 Å². The summed E-state index contributed by atoms with van der Waals surface area (Å²) in [5, 5.41) is 17.7. The molecule has 21 saturated heterocycles. The Morgan fingerprint density at radius 2 is 0.636 bits per heavy atom. The van der Waals surface area contributed by atoms with Crippen molar-refractivity contribution in [2.75, 3.05) is 198 Å². The Balaban J connectivity index is 0.000000109. The molecule has 21 heterocycles. The number of hydrogen-bond donors (Lipinski definition) is 6. The predicted molar refractivity (Wildman–Crippen MR) is 527 cm³/mol. The first kappa shape index (κ1) is 103. The van der Waals surface area contributed by atoms with Gasteiger partial charge in [0.15, 0.2) is 0 Å². The Labute approximate surface area is 845 Å². The van der Waals surface area contributed by atoms with Crippen molar-refractivity contribution < 1.29 is 95.4 Å². The summed E-state index contributed by atoms with van der Waals surface area (Å²) in [6.45, 7) is 31.9. The van der Waals surface area contributed by atoms with Gasteiger partial charge in [0, 0.05) is 203 Å². The van der Waals surface area contributed by atoms with Crippen molar-refractivity contribution >= 4 is 72.4 Å². The van der Waals surface area contributed by atoms with E-state index >= 15 is 0 Å². The Morgan fingerprint density at radius 1 is 0.301 bits per heavy atom. The second-order valence-corrected chi connectivity index (χ2v) is 47.9. The fraction of sp³-hybridized carbons (Fsp3) is 0.886. The van der Waals surface area contributed by atoms with E-state index in [9.17, 15) is 57.5 Å². The highest BCUT2D eigenvalue weighted by molar-refractivity contribution is 5.81. The summed E-state index contributed by atoms with van der Waals surface area (Å²) in [6.07, 6.45) is 35.5. The van der Waals surface area contributed by atoms with Gasteiger partial charge in [-0.2, -0.15) is 0 Å². The summed E-state index contributed by atoms with van der Waals surface area (Å²) in [5.74, 6) is 4.56. The van der Waals surface area contributed by atoms with Crippen LogP contribution in [-0.2, 0) is 57.1 Å². The quantitative estimate of drug-likeness (QED) is 0.111. The summed E-state index contributed by atoms with van der Waals surface area (Å²) >= 11 is 0. The van der Waals surface area contributed by atoms with Crippen LogP contribution < -0.4 is 31.9 Å². The molecule has 0 aromatic rings. The molecule has 0 aromatic carbocycles. The number of fused-ring (bicyclic) bond motifs is 12. The van der Waals surface area contributed by atoms with E-state index in [-0.39, 0.29) is 105 Å². The summed E-state index contributed by atoms with van der Waals surface area (Å²) in [4.78, 5) is 169. The van der Waals surface area contributed by atoms with Crippen LogP contribution in [0.2, 0.25) is 0 Å². The summed E-state index contributed by atoms with van der Waals surface area (Å²) in [7, 11) is 2.94. The highest BCUT2D eigenvalue weighted by Gasteiger charge is 2.58. The maximum absolute atomic E-state index is 12.2. The van der Waals surface area contributed by atoms with E-state index in [1.807, 2.05) is 57.1 Å². The monoisotopic (exact) mass is 2000 g/mol. The van der Waals surface area contributed by atoms with Gasteiger partial charge in [0.1, 0.15) is 11.2 Å². The highest BCUT2D eigenvalue weighted by Crippen LogP contribution is 2.52. The normalized spacial score (nSPS) is 36.8. The molecule has 25 aliphatic rings. The van der Waals surface area contributed by atoms with Gasteiger partial charge in [-0.05, 0) is 324 Å². The van der Waals surface area contributed by atoms with Crippen LogP contribution in [0.25, 0.3) is 0 Å². The molecule has 12 amide bonds. The number of hydrogen-bond acceptors (Lipinski definition) is 26. The molecular formula is C105H168N18O20. The van der Waals surface area contributed by atoms with Crippen molar-refractivity contribution in [1.82, 2.24) is 90.7 Å². The molecule has 798 valence electrons. The molecule has 12 bridgehead atoms. The number of methoxy groups -OCH3 is 2. The van der Waals surface area contributed by atoms with Crippen LogP contribution in [0.3, 0.4) is 0 Å². The second-order valence-electron chi connectivity index (χ2n) is 47.9. The highest BCUT2D eigenvalue weighted by atomic mass is 16.6. The lowest BCUT2D eigenvalue weighted by Crippen LogP contribution is -2.66. The Bertz CT molecular complexity index is 4390. The minimum Gasteiger partial charge on any atom is -0.453 e. The van der Waals surface area contributed by atoms with E-state index in [0.717, 1.165) is 317 Å². The van der Waals surface area contributed by atoms with Crippen LogP contribution in [0.5, 0.6) is 0 Å². The fourth-order valence-corrected chi connectivity index (χ4v) is 31.9. The first-order valence-corrected chi connectivity index (χ1v) is 55.9. The number of carbonyl (C=O) groups excluding carboxylic acids is 12. The molecular weight excluding hydrogens is 1830 g/mol. The van der Waals surface area contributed by atoms with E-state index in [1.165, 1.54) is 46.3 Å². The molecule has 0 aromatic heterocycles. The van der Waals surface area contributed by atoms with E-state index in [4.69, 9.17) is 37.9 Å². The zero-order valence-electron chi connectivity index (χ0n) is 86.5. The topological polar surface area (TPSA) is 390 Å². The van der Waals surface area contributed by atoms with Gasteiger partial charge < -0.3 is 114 Å². The molecule has 143 heavy (non-hydrogen) atoms. The largest absolute Gasteiger partial charge is 0.453 e. The van der Waals surface area contributed by atoms with Crippen molar-refractivity contribution in [2.24, 2.45) is 57.2 Å². The third-order valence-electron chi connectivity index (χ3n) is 39.5. The number of rotatable bonds is 10. The number of nitrogens with one attached hydrogen (secondary N) is 6. The summed E-state index contributed by atoms with van der Waals surface area (Å²) in [5.41, 5.74) is 0.299. The van der Waals surface area contributed by atoms with Gasteiger partial charge in [0.2, 0.25) is 23.6 Å². The zero-order chi connectivity index (χ0) is 99.7. The zero-order valence-corrected chi connectivity index (χ0v) is 86.5. The first-order valence-electron chi connectivity index (χ1n) is 55.9. The average molecular weight is 2000 g/mol. The molecule has 21 aliphatic heterocycles. The van der Waals surface area contributed by atoms with Gasteiger partial charge in [-0.1, -0.05) is 0 Å². The number of nitrogens with zero attached hydrogens (tertiary/aromatic N) is 12. The Kier molecular flexibility index (Phi) is 32.0. The number of amides is 12. The molecule has 17 unspecified atom stereocenters. The minimum atomic E-state index is -0.295.